The molecule has 2 aromatic heterocycles. The van der Waals surface area contributed by atoms with Gasteiger partial charge in [0, 0.05) is 38.3 Å². The van der Waals surface area contributed by atoms with E-state index in [1.165, 1.54) is 44.5 Å². The topological polar surface area (TPSA) is 51.8 Å². The fraction of sp³-hybridized carbons (Fsp3) is 0.133. The van der Waals surface area contributed by atoms with E-state index < -0.39 is 0 Å². The van der Waals surface area contributed by atoms with Crippen LogP contribution in [0.25, 0.3) is 78.4 Å². The van der Waals surface area contributed by atoms with Crippen molar-refractivity contribution in [1.29, 1.82) is 0 Å². The highest BCUT2D eigenvalue weighted by molar-refractivity contribution is 6.08. The molecule has 2 heterocycles. The van der Waals surface area contributed by atoms with E-state index in [0.717, 1.165) is 38.6 Å². The molecule has 4 nitrogen and oxygen atoms in total. The van der Waals surface area contributed by atoms with Crippen molar-refractivity contribution in [2.24, 2.45) is 0 Å². The van der Waals surface area contributed by atoms with Gasteiger partial charge in [-0.15, -0.1) is 0 Å². The van der Waals surface area contributed by atoms with Crippen molar-refractivity contribution in [1.82, 2.24) is 15.0 Å². The normalized spacial score (nSPS) is 14.9. The van der Waals surface area contributed by atoms with E-state index in [4.69, 9.17) is 19.4 Å². The van der Waals surface area contributed by atoms with Gasteiger partial charge in [-0.05, 0) is 68.8 Å². The van der Waals surface area contributed by atoms with Crippen molar-refractivity contribution in [2.75, 3.05) is 0 Å². The quantitative estimate of drug-likeness (QED) is 0.195. The molecule has 0 aliphatic heterocycles. The van der Waals surface area contributed by atoms with Gasteiger partial charge >= 0.3 is 0 Å². The monoisotopic (exact) mass is 631 g/mol. The van der Waals surface area contributed by atoms with Gasteiger partial charge in [0.15, 0.2) is 17.5 Å². The summed E-state index contributed by atoms with van der Waals surface area (Å²) in [5, 5.41) is 2.25. The van der Waals surface area contributed by atoms with Crippen LogP contribution in [-0.4, -0.2) is 15.0 Å². The number of furan rings is 1. The zero-order valence-corrected chi connectivity index (χ0v) is 27.9. The lowest BCUT2D eigenvalue weighted by Crippen LogP contribution is -2.15. The largest absolute Gasteiger partial charge is 0.456 e. The summed E-state index contributed by atoms with van der Waals surface area (Å²) in [6.45, 7) is 9.22. The second-order valence-corrected chi connectivity index (χ2v) is 14.4. The van der Waals surface area contributed by atoms with Crippen molar-refractivity contribution in [3.63, 3.8) is 0 Å². The summed E-state index contributed by atoms with van der Waals surface area (Å²) in [6, 6.07) is 45.1. The zero-order chi connectivity index (χ0) is 33.1. The van der Waals surface area contributed by atoms with E-state index in [9.17, 15) is 0 Å². The van der Waals surface area contributed by atoms with Gasteiger partial charge in [0.2, 0.25) is 0 Å². The molecule has 2 aliphatic carbocycles. The number of fused-ring (bicyclic) bond motifs is 9. The predicted molar refractivity (Wildman–Crippen MR) is 199 cm³/mol. The van der Waals surface area contributed by atoms with Crippen LogP contribution in [0.4, 0.5) is 0 Å². The van der Waals surface area contributed by atoms with Crippen molar-refractivity contribution in [3.05, 3.63) is 150 Å². The molecule has 10 rings (SSSR count). The summed E-state index contributed by atoms with van der Waals surface area (Å²) >= 11 is 0. The van der Waals surface area contributed by atoms with Gasteiger partial charge < -0.3 is 4.42 Å². The Balaban J connectivity index is 1.21. The van der Waals surface area contributed by atoms with Gasteiger partial charge in [0.05, 0.1) is 0 Å². The molecule has 0 bridgehead atoms. The first-order valence-corrected chi connectivity index (χ1v) is 17.0. The van der Waals surface area contributed by atoms with E-state index in [0.29, 0.717) is 17.5 Å². The predicted octanol–water partition coefficient (Wildman–Crippen LogP) is 11.4. The molecule has 0 spiro atoms. The summed E-state index contributed by atoms with van der Waals surface area (Å²) in [5.74, 6) is 2.00. The Hall–Kier alpha value is -5.87. The molecule has 6 aromatic carbocycles. The van der Waals surface area contributed by atoms with Crippen molar-refractivity contribution in [3.8, 4) is 56.4 Å². The summed E-state index contributed by atoms with van der Waals surface area (Å²) in [5.41, 5.74) is 14.5. The van der Waals surface area contributed by atoms with Crippen LogP contribution in [0.5, 0.6) is 0 Å². The van der Waals surface area contributed by atoms with Crippen LogP contribution >= 0.6 is 0 Å². The molecule has 0 N–H and O–H groups in total. The summed E-state index contributed by atoms with van der Waals surface area (Å²) in [4.78, 5) is 15.6. The van der Waals surface area contributed by atoms with Crippen LogP contribution < -0.4 is 0 Å². The first kappa shape index (κ1) is 28.2. The van der Waals surface area contributed by atoms with E-state index >= 15 is 0 Å². The summed E-state index contributed by atoms with van der Waals surface area (Å²) in [6.07, 6.45) is 0. The lowest BCUT2D eigenvalue weighted by atomic mass is 9.82. The van der Waals surface area contributed by atoms with Crippen LogP contribution in [0.2, 0.25) is 0 Å². The number of hydrogen-bond acceptors (Lipinski definition) is 4. The van der Waals surface area contributed by atoms with E-state index in [1.54, 1.807) is 0 Å². The number of rotatable bonds is 3. The van der Waals surface area contributed by atoms with E-state index in [-0.39, 0.29) is 10.8 Å². The third kappa shape index (κ3) is 3.95. The van der Waals surface area contributed by atoms with Crippen LogP contribution in [0.3, 0.4) is 0 Å². The minimum atomic E-state index is -0.230. The molecule has 0 amide bonds. The van der Waals surface area contributed by atoms with Crippen LogP contribution in [0.15, 0.2) is 132 Å². The van der Waals surface area contributed by atoms with E-state index in [2.05, 4.69) is 125 Å². The molecule has 0 fully saturated rings. The minimum Gasteiger partial charge on any atom is -0.456 e. The Morgan fingerprint density at radius 2 is 1.04 bits per heavy atom. The molecule has 0 saturated heterocycles. The third-order valence-electron chi connectivity index (χ3n) is 10.9. The lowest BCUT2D eigenvalue weighted by Gasteiger charge is -2.22. The molecular formula is C45H33N3O. The van der Waals surface area contributed by atoms with Gasteiger partial charge in [-0.2, -0.15) is 0 Å². The SMILES string of the molecule is CC1(C)c2ccccc2-c2ccc(-c3nc(-c4ccccc4)nc(-c4cccc5c4-c4cc6c(cc4C5(C)C)oc4ccccc46)n3)cc21. The maximum absolute atomic E-state index is 6.35. The van der Waals surface area contributed by atoms with Crippen LogP contribution in [-0.2, 0) is 10.8 Å². The highest BCUT2D eigenvalue weighted by atomic mass is 16.3. The number of nitrogens with zero attached hydrogens (tertiary/aromatic N) is 3. The van der Waals surface area contributed by atoms with Crippen molar-refractivity contribution in [2.45, 2.75) is 38.5 Å². The minimum absolute atomic E-state index is 0.127. The summed E-state index contributed by atoms with van der Waals surface area (Å²) in [7, 11) is 0. The lowest BCUT2D eigenvalue weighted by molar-refractivity contribution is 0.647. The van der Waals surface area contributed by atoms with Crippen LogP contribution in [0.1, 0.15) is 49.9 Å². The smallest absolute Gasteiger partial charge is 0.164 e. The van der Waals surface area contributed by atoms with Gasteiger partial charge in [-0.25, -0.2) is 15.0 Å². The molecule has 0 saturated carbocycles. The second-order valence-electron chi connectivity index (χ2n) is 14.4. The molecule has 0 atom stereocenters. The van der Waals surface area contributed by atoms with Crippen molar-refractivity contribution >= 4 is 21.9 Å². The first-order valence-electron chi connectivity index (χ1n) is 17.0. The Morgan fingerprint density at radius 3 is 1.90 bits per heavy atom. The molecule has 49 heavy (non-hydrogen) atoms. The molecule has 8 aromatic rings. The van der Waals surface area contributed by atoms with Crippen LogP contribution in [0, 0.1) is 0 Å². The Kier molecular flexibility index (Phi) is 5.65. The number of hydrogen-bond donors (Lipinski definition) is 0. The Bertz CT molecular complexity index is 2660. The third-order valence-corrected chi connectivity index (χ3v) is 10.9. The standard InChI is InChI=1S/C45H33N3O/c1-44(2)34-18-10-8-15-28(34)29-22-21-27(23-36(29)44)42-46-41(26-13-6-5-7-14-26)47-43(48-42)31-17-12-19-35-40(31)33-24-32-30-16-9-11-20-38(30)49-39(32)25-37(33)45(35,3)4/h5-25H,1-4H3. The Morgan fingerprint density at radius 1 is 0.408 bits per heavy atom. The maximum Gasteiger partial charge on any atom is 0.164 e. The molecular weight excluding hydrogens is 599 g/mol. The molecule has 0 radical (unpaired) electrons. The molecule has 4 heteroatoms. The fourth-order valence-electron chi connectivity index (χ4n) is 8.38. The molecule has 234 valence electrons. The average Bonchev–Trinajstić information content (AvgIpc) is 3.70. The maximum atomic E-state index is 6.35. The Labute approximate surface area is 285 Å². The van der Waals surface area contributed by atoms with E-state index in [1.807, 2.05) is 30.3 Å². The first-order chi connectivity index (χ1) is 23.8. The average molecular weight is 632 g/mol. The van der Waals surface area contributed by atoms with Crippen molar-refractivity contribution < 1.29 is 4.42 Å². The summed E-state index contributed by atoms with van der Waals surface area (Å²) < 4.78 is 6.35. The second kappa shape index (κ2) is 9.83. The fourth-order valence-corrected chi connectivity index (χ4v) is 8.38. The highest BCUT2D eigenvalue weighted by Gasteiger charge is 2.39. The highest BCUT2D eigenvalue weighted by Crippen LogP contribution is 2.54. The zero-order valence-electron chi connectivity index (χ0n) is 27.9. The van der Waals surface area contributed by atoms with Gasteiger partial charge in [0.1, 0.15) is 11.2 Å². The number of aromatic nitrogens is 3. The van der Waals surface area contributed by atoms with Gasteiger partial charge in [-0.1, -0.05) is 131 Å². The number of benzene rings is 6. The number of para-hydroxylation sites is 1. The van der Waals surface area contributed by atoms with Gasteiger partial charge in [-0.3, -0.25) is 0 Å². The van der Waals surface area contributed by atoms with Gasteiger partial charge in [0.25, 0.3) is 0 Å². The molecule has 2 aliphatic rings. The molecule has 0 unspecified atom stereocenters.